The Labute approximate surface area is 183 Å². The summed E-state index contributed by atoms with van der Waals surface area (Å²) in [5, 5.41) is 27.1. The van der Waals surface area contributed by atoms with E-state index in [1.165, 1.54) is 0 Å². The van der Waals surface area contributed by atoms with Crippen LogP contribution in [-0.2, 0) is 4.43 Å². The predicted molar refractivity (Wildman–Crippen MR) is 123 cm³/mol. The molecule has 3 N–H and O–H groups in total. The summed E-state index contributed by atoms with van der Waals surface area (Å²) in [5.41, 5.74) is 8.55. The molecule has 0 aliphatic heterocycles. The molecule has 0 aromatic heterocycles. The van der Waals surface area contributed by atoms with Gasteiger partial charge in [0.15, 0.2) is 0 Å². The molecule has 31 heavy (non-hydrogen) atoms. The summed E-state index contributed by atoms with van der Waals surface area (Å²) in [6.45, 7) is 6.27. The average Bonchev–Trinajstić information content (AvgIpc) is 2.74. The second-order valence-electron chi connectivity index (χ2n) is 8.39. The fourth-order valence-corrected chi connectivity index (χ4v) is 8.52. The van der Waals surface area contributed by atoms with Gasteiger partial charge in [-0.25, -0.2) is 4.79 Å². The van der Waals surface area contributed by atoms with Gasteiger partial charge in [-0.3, -0.25) is 0 Å². The van der Waals surface area contributed by atoms with Crippen molar-refractivity contribution in [2.45, 2.75) is 44.4 Å². The Morgan fingerprint density at radius 3 is 2.06 bits per heavy atom. The van der Waals surface area contributed by atoms with E-state index in [-0.39, 0.29) is 24.5 Å². The van der Waals surface area contributed by atoms with Gasteiger partial charge in [0.1, 0.15) is 0 Å². The fourth-order valence-electron chi connectivity index (χ4n) is 3.82. The van der Waals surface area contributed by atoms with Crippen molar-refractivity contribution in [2.24, 2.45) is 5.11 Å². The summed E-state index contributed by atoms with van der Waals surface area (Å²) < 4.78 is 6.89. The fraction of sp³-hybridized carbons (Fsp3) is 0.409. The minimum atomic E-state index is -2.93. The van der Waals surface area contributed by atoms with Crippen LogP contribution >= 0.6 is 0 Å². The van der Waals surface area contributed by atoms with Gasteiger partial charge in [-0.1, -0.05) is 86.5 Å². The van der Waals surface area contributed by atoms with Crippen LogP contribution in [0.2, 0.25) is 5.04 Å². The summed E-state index contributed by atoms with van der Waals surface area (Å²) in [6, 6.07) is 19.9. The maximum atomic E-state index is 11.2. The number of carbonyl (C=O) groups is 1. The largest absolute Gasteiger partial charge is 0.465 e. The van der Waals surface area contributed by atoms with Gasteiger partial charge in [-0.05, 0) is 20.9 Å². The SMILES string of the molecule is CC(C)(C)[Si](OC(CNC(=O)O)CC(O)CN=[N+]=[N-])(c1ccccc1)c1ccccc1. The summed E-state index contributed by atoms with van der Waals surface area (Å²) in [4.78, 5) is 13.9. The number of hydrogen-bond donors (Lipinski definition) is 3. The predicted octanol–water partition coefficient (Wildman–Crippen LogP) is 3.26. The first-order valence-electron chi connectivity index (χ1n) is 10.1. The molecule has 0 saturated heterocycles. The number of nitrogens with one attached hydrogen (secondary N) is 1. The van der Waals surface area contributed by atoms with E-state index in [0.29, 0.717) is 0 Å². The van der Waals surface area contributed by atoms with E-state index in [4.69, 9.17) is 15.1 Å². The quantitative estimate of drug-likeness (QED) is 0.226. The number of carboxylic acid groups (broad SMARTS) is 1. The van der Waals surface area contributed by atoms with Gasteiger partial charge < -0.3 is 20.0 Å². The van der Waals surface area contributed by atoms with E-state index < -0.39 is 26.6 Å². The topological polar surface area (TPSA) is 128 Å². The van der Waals surface area contributed by atoms with Crippen molar-refractivity contribution in [1.29, 1.82) is 0 Å². The minimum absolute atomic E-state index is 0.00710. The lowest BCUT2D eigenvalue weighted by molar-refractivity contribution is 0.0918. The molecule has 0 saturated carbocycles. The van der Waals surface area contributed by atoms with Crippen molar-refractivity contribution in [2.75, 3.05) is 13.1 Å². The highest BCUT2D eigenvalue weighted by Gasteiger charge is 2.51. The number of aliphatic hydroxyl groups is 1. The number of azide groups is 1. The van der Waals surface area contributed by atoms with Crippen LogP contribution in [0.4, 0.5) is 4.79 Å². The monoisotopic (exact) mass is 442 g/mol. The van der Waals surface area contributed by atoms with Crippen molar-refractivity contribution in [3.05, 3.63) is 71.1 Å². The number of nitrogens with zero attached hydrogens (tertiary/aromatic N) is 3. The van der Waals surface area contributed by atoms with Gasteiger partial charge >= 0.3 is 6.09 Å². The molecule has 0 heterocycles. The van der Waals surface area contributed by atoms with E-state index in [1.807, 2.05) is 60.7 Å². The van der Waals surface area contributed by atoms with Crippen LogP contribution in [0.15, 0.2) is 65.8 Å². The highest BCUT2D eigenvalue weighted by molar-refractivity contribution is 6.99. The van der Waals surface area contributed by atoms with Crippen LogP contribution in [0.3, 0.4) is 0 Å². The third kappa shape index (κ3) is 6.32. The number of amides is 1. The first-order valence-corrected chi connectivity index (χ1v) is 12.1. The van der Waals surface area contributed by atoms with Crippen molar-refractivity contribution in [3.63, 3.8) is 0 Å². The smallest absolute Gasteiger partial charge is 0.404 e. The first-order chi connectivity index (χ1) is 14.7. The summed E-state index contributed by atoms with van der Waals surface area (Å²) in [5.74, 6) is 0. The molecule has 0 radical (unpaired) electrons. The van der Waals surface area contributed by atoms with E-state index in [0.717, 1.165) is 10.4 Å². The van der Waals surface area contributed by atoms with Crippen LogP contribution < -0.4 is 15.7 Å². The lowest BCUT2D eigenvalue weighted by Gasteiger charge is -2.45. The second kappa shape index (κ2) is 11.0. The summed E-state index contributed by atoms with van der Waals surface area (Å²) in [7, 11) is -2.93. The number of benzene rings is 2. The van der Waals surface area contributed by atoms with Gasteiger partial charge in [-0.2, -0.15) is 0 Å². The van der Waals surface area contributed by atoms with E-state index >= 15 is 0 Å². The minimum Gasteiger partial charge on any atom is -0.465 e. The molecule has 2 aromatic rings. The Bertz CT molecular complexity index is 844. The molecule has 0 fully saturated rings. The van der Waals surface area contributed by atoms with Gasteiger partial charge in [0, 0.05) is 17.9 Å². The normalized spacial score (nSPS) is 13.7. The van der Waals surface area contributed by atoms with E-state index in [9.17, 15) is 9.90 Å². The third-order valence-corrected chi connectivity index (χ3v) is 10.2. The van der Waals surface area contributed by atoms with Gasteiger partial charge in [0.25, 0.3) is 8.32 Å². The maximum Gasteiger partial charge on any atom is 0.404 e. The molecule has 2 atom stereocenters. The Morgan fingerprint density at radius 1 is 1.13 bits per heavy atom. The second-order valence-corrected chi connectivity index (χ2v) is 12.6. The van der Waals surface area contributed by atoms with Crippen LogP contribution in [0.25, 0.3) is 10.4 Å². The van der Waals surface area contributed by atoms with Gasteiger partial charge in [0.2, 0.25) is 0 Å². The van der Waals surface area contributed by atoms with Crippen molar-refractivity contribution < 1.29 is 19.4 Å². The zero-order valence-electron chi connectivity index (χ0n) is 18.1. The molecule has 0 aliphatic rings. The van der Waals surface area contributed by atoms with Crippen LogP contribution in [0, 0.1) is 0 Å². The lowest BCUT2D eigenvalue weighted by atomic mass is 10.1. The number of rotatable bonds is 10. The van der Waals surface area contributed by atoms with Crippen molar-refractivity contribution >= 4 is 24.8 Å². The van der Waals surface area contributed by atoms with Crippen LogP contribution in [0.1, 0.15) is 27.2 Å². The van der Waals surface area contributed by atoms with Crippen molar-refractivity contribution in [3.8, 4) is 0 Å². The van der Waals surface area contributed by atoms with E-state index in [2.05, 4.69) is 36.1 Å². The van der Waals surface area contributed by atoms with Gasteiger partial charge in [-0.15, -0.1) is 0 Å². The van der Waals surface area contributed by atoms with E-state index in [1.54, 1.807) is 0 Å². The Kier molecular flexibility index (Phi) is 8.64. The first kappa shape index (κ1) is 24.4. The number of aliphatic hydroxyl groups excluding tert-OH is 1. The van der Waals surface area contributed by atoms with Gasteiger partial charge in [0.05, 0.1) is 18.8 Å². The molecule has 1 amide bonds. The van der Waals surface area contributed by atoms with Crippen molar-refractivity contribution in [1.82, 2.24) is 5.32 Å². The molecule has 8 nitrogen and oxygen atoms in total. The summed E-state index contributed by atoms with van der Waals surface area (Å²) in [6.07, 6.45) is -2.61. The Hall–Kier alpha value is -2.84. The zero-order chi connectivity index (χ0) is 22.9. The lowest BCUT2D eigenvalue weighted by Crippen LogP contribution is -2.68. The Balaban J connectivity index is 2.56. The number of hydrogen-bond acceptors (Lipinski definition) is 4. The molecule has 0 bridgehead atoms. The highest BCUT2D eigenvalue weighted by atomic mass is 28.4. The molecule has 2 aromatic carbocycles. The van der Waals surface area contributed by atoms with Crippen LogP contribution in [0.5, 0.6) is 0 Å². The molecule has 2 rings (SSSR count). The molecular formula is C22H30N4O4Si. The molecule has 0 aliphatic carbocycles. The molecule has 9 heteroatoms. The molecule has 0 spiro atoms. The van der Waals surface area contributed by atoms with Crippen LogP contribution in [-0.4, -0.2) is 49.9 Å². The molecule has 2 unspecified atom stereocenters. The Morgan fingerprint density at radius 2 is 1.65 bits per heavy atom. The standard InChI is InChI=1S/C22H30N4O4Si/c1-22(2,3)31(19-10-6-4-7-11-19,20-12-8-5-9-13-20)30-18(16-24-21(28)29)14-17(27)15-25-26-23/h4-13,17-18,24,27H,14-16H2,1-3H3,(H,28,29). The zero-order valence-corrected chi connectivity index (χ0v) is 19.1. The molecular weight excluding hydrogens is 412 g/mol. The molecule has 166 valence electrons. The summed E-state index contributed by atoms with van der Waals surface area (Å²) >= 11 is 0. The highest BCUT2D eigenvalue weighted by Crippen LogP contribution is 2.37. The average molecular weight is 443 g/mol. The third-order valence-electron chi connectivity index (χ3n) is 5.13. The maximum absolute atomic E-state index is 11.2.